The Morgan fingerprint density at radius 2 is 2.33 bits per heavy atom. The number of hydrogen-bond donors (Lipinski definition) is 1. The Kier molecular flexibility index (Phi) is 5.27. The fourth-order valence-electron chi connectivity index (χ4n) is 2.15. The van der Waals surface area contributed by atoms with E-state index in [1.807, 2.05) is 0 Å². The number of nitrogens with zero attached hydrogens (tertiary/aromatic N) is 1. The second-order valence-corrected chi connectivity index (χ2v) is 5.14. The molecule has 5 nitrogen and oxygen atoms in total. The Morgan fingerprint density at radius 1 is 1.52 bits per heavy atom. The average Bonchev–Trinajstić information content (AvgIpc) is 2.46. The Morgan fingerprint density at radius 3 is 3.05 bits per heavy atom. The molecule has 1 aromatic carbocycles. The minimum atomic E-state index is -0.295. The second kappa shape index (κ2) is 7.17. The molecule has 0 saturated carbocycles. The number of ether oxygens (including phenoxy) is 1. The molecule has 21 heavy (non-hydrogen) atoms. The summed E-state index contributed by atoms with van der Waals surface area (Å²) in [4.78, 5) is 24.6. The maximum atomic E-state index is 13.0. The highest BCUT2D eigenvalue weighted by Crippen LogP contribution is 2.07. The van der Waals surface area contributed by atoms with Crippen molar-refractivity contribution in [3.05, 3.63) is 35.6 Å². The van der Waals surface area contributed by atoms with E-state index >= 15 is 0 Å². The molecule has 1 aromatic rings. The zero-order chi connectivity index (χ0) is 15.2. The van der Waals surface area contributed by atoms with E-state index in [-0.39, 0.29) is 30.3 Å². The molecule has 1 saturated heterocycles. The summed E-state index contributed by atoms with van der Waals surface area (Å²) >= 11 is 0. The molecule has 6 heteroatoms. The summed E-state index contributed by atoms with van der Waals surface area (Å²) in [5.41, 5.74) is 0.796. The van der Waals surface area contributed by atoms with E-state index in [0.29, 0.717) is 25.9 Å². The summed E-state index contributed by atoms with van der Waals surface area (Å²) in [6.07, 6.45) is 0.615. The maximum absolute atomic E-state index is 13.0. The summed E-state index contributed by atoms with van der Waals surface area (Å²) in [5, 5.41) is 2.78. The number of likely N-dealkylation sites (N-methyl/N-ethyl adjacent to an activating group) is 1. The van der Waals surface area contributed by atoms with E-state index in [1.165, 1.54) is 12.1 Å². The number of amides is 2. The Balaban J connectivity index is 1.69. The van der Waals surface area contributed by atoms with Crippen molar-refractivity contribution < 1.29 is 18.7 Å². The van der Waals surface area contributed by atoms with Gasteiger partial charge in [0.2, 0.25) is 11.8 Å². The molecular formula is C15H19FN2O3. The lowest BCUT2D eigenvalue weighted by Crippen LogP contribution is -2.48. The molecule has 0 aliphatic carbocycles. The average molecular weight is 294 g/mol. The summed E-state index contributed by atoms with van der Waals surface area (Å²) in [6, 6.07) is 6.23. The Hall–Kier alpha value is -1.95. The van der Waals surface area contributed by atoms with E-state index in [1.54, 1.807) is 24.1 Å². The number of benzene rings is 1. The largest absolute Gasteiger partial charge is 0.365 e. The minimum absolute atomic E-state index is 0.0521. The molecule has 1 heterocycles. The van der Waals surface area contributed by atoms with Gasteiger partial charge in [-0.2, -0.15) is 0 Å². The van der Waals surface area contributed by atoms with E-state index in [9.17, 15) is 14.0 Å². The van der Waals surface area contributed by atoms with Crippen molar-refractivity contribution in [1.29, 1.82) is 0 Å². The quantitative estimate of drug-likeness (QED) is 0.871. The highest BCUT2D eigenvalue weighted by molar-refractivity contribution is 5.78. The first-order valence-electron chi connectivity index (χ1n) is 6.91. The van der Waals surface area contributed by atoms with Gasteiger partial charge in [0.25, 0.3) is 0 Å². The van der Waals surface area contributed by atoms with Crippen LogP contribution >= 0.6 is 0 Å². The lowest BCUT2D eigenvalue weighted by atomic mass is 10.1. The van der Waals surface area contributed by atoms with Crippen molar-refractivity contribution in [1.82, 2.24) is 10.2 Å². The van der Waals surface area contributed by atoms with Gasteiger partial charge in [0.1, 0.15) is 12.4 Å². The van der Waals surface area contributed by atoms with Crippen LogP contribution in [0.1, 0.15) is 12.0 Å². The molecule has 1 aliphatic rings. The zero-order valence-corrected chi connectivity index (χ0v) is 12.0. The van der Waals surface area contributed by atoms with Gasteiger partial charge in [-0.25, -0.2) is 4.39 Å². The fourth-order valence-corrected chi connectivity index (χ4v) is 2.15. The number of morpholine rings is 1. The van der Waals surface area contributed by atoms with Crippen LogP contribution in [-0.4, -0.2) is 49.6 Å². The van der Waals surface area contributed by atoms with Gasteiger partial charge in [-0.05, 0) is 24.1 Å². The molecule has 1 fully saturated rings. The van der Waals surface area contributed by atoms with Crippen molar-refractivity contribution in [3.8, 4) is 0 Å². The first-order chi connectivity index (χ1) is 10.0. The first kappa shape index (κ1) is 15.4. The molecular weight excluding hydrogens is 275 g/mol. The topological polar surface area (TPSA) is 58.6 Å². The number of hydrogen-bond acceptors (Lipinski definition) is 3. The number of carbonyl (C=O) groups is 2. The standard InChI is InChI=1S/C15H19FN2O3/c1-18-9-13(21-10-15(18)20)8-17-14(19)6-5-11-3-2-4-12(16)7-11/h2-4,7,13H,5-6,8-10H2,1H3,(H,17,19). The van der Waals surface area contributed by atoms with Crippen LogP contribution in [0.25, 0.3) is 0 Å². The van der Waals surface area contributed by atoms with E-state index in [4.69, 9.17) is 4.74 Å². The monoisotopic (exact) mass is 294 g/mol. The minimum Gasteiger partial charge on any atom is -0.365 e. The van der Waals surface area contributed by atoms with Crippen molar-refractivity contribution in [3.63, 3.8) is 0 Å². The highest BCUT2D eigenvalue weighted by atomic mass is 19.1. The molecule has 2 rings (SSSR count). The lowest BCUT2D eigenvalue weighted by Gasteiger charge is -2.29. The molecule has 0 aromatic heterocycles. The number of nitrogens with one attached hydrogen (secondary N) is 1. The molecule has 2 amide bonds. The number of halogens is 1. The van der Waals surface area contributed by atoms with Crippen LogP contribution in [0.4, 0.5) is 4.39 Å². The fraction of sp³-hybridized carbons (Fsp3) is 0.467. The summed E-state index contributed by atoms with van der Waals surface area (Å²) in [5.74, 6) is -0.456. The van der Waals surface area contributed by atoms with Crippen LogP contribution in [0.2, 0.25) is 0 Å². The molecule has 1 atom stereocenters. The molecule has 0 spiro atoms. The normalized spacial score (nSPS) is 18.7. The van der Waals surface area contributed by atoms with Crippen LogP contribution in [0, 0.1) is 5.82 Å². The van der Waals surface area contributed by atoms with E-state index < -0.39 is 0 Å². The molecule has 1 N–H and O–H groups in total. The Bertz CT molecular complexity index is 521. The van der Waals surface area contributed by atoms with Crippen molar-refractivity contribution in [2.45, 2.75) is 18.9 Å². The molecule has 1 unspecified atom stereocenters. The van der Waals surface area contributed by atoms with Crippen LogP contribution in [0.5, 0.6) is 0 Å². The van der Waals surface area contributed by atoms with Gasteiger partial charge in [-0.15, -0.1) is 0 Å². The van der Waals surface area contributed by atoms with Gasteiger partial charge in [-0.1, -0.05) is 12.1 Å². The van der Waals surface area contributed by atoms with Gasteiger partial charge < -0.3 is 15.0 Å². The number of carbonyl (C=O) groups excluding carboxylic acids is 2. The van der Waals surface area contributed by atoms with Crippen LogP contribution in [-0.2, 0) is 20.7 Å². The maximum Gasteiger partial charge on any atom is 0.248 e. The number of aryl methyl sites for hydroxylation is 1. The summed E-state index contributed by atoms with van der Waals surface area (Å²) in [7, 11) is 1.71. The second-order valence-electron chi connectivity index (χ2n) is 5.14. The lowest BCUT2D eigenvalue weighted by molar-refractivity contribution is -0.146. The molecule has 0 bridgehead atoms. The third kappa shape index (κ3) is 4.82. The van der Waals surface area contributed by atoms with Crippen LogP contribution in [0.3, 0.4) is 0 Å². The van der Waals surface area contributed by atoms with Gasteiger partial charge in [0.15, 0.2) is 0 Å². The van der Waals surface area contributed by atoms with Gasteiger partial charge >= 0.3 is 0 Å². The summed E-state index contributed by atoms with van der Waals surface area (Å²) < 4.78 is 18.3. The smallest absolute Gasteiger partial charge is 0.248 e. The third-order valence-electron chi connectivity index (χ3n) is 3.40. The van der Waals surface area contributed by atoms with Crippen molar-refractivity contribution in [2.75, 3.05) is 26.7 Å². The van der Waals surface area contributed by atoms with Gasteiger partial charge in [0.05, 0.1) is 6.10 Å². The van der Waals surface area contributed by atoms with E-state index in [0.717, 1.165) is 5.56 Å². The molecule has 1 aliphatic heterocycles. The molecule has 114 valence electrons. The zero-order valence-electron chi connectivity index (χ0n) is 12.0. The van der Waals surface area contributed by atoms with E-state index in [2.05, 4.69) is 5.32 Å². The van der Waals surface area contributed by atoms with Crippen molar-refractivity contribution in [2.24, 2.45) is 0 Å². The molecule has 0 radical (unpaired) electrons. The first-order valence-corrected chi connectivity index (χ1v) is 6.91. The van der Waals surface area contributed by atoms with Crippen LogP contribution in [0.15, 0.2) is 24.3 Å². The van der Waals surface area contributed by atoms with Crippen LogP contribution < -0.4 is 5.32 Å². The van der Waals surface area contributed by atoms with Gasteiger partial charge in [-0.3, -0.25) is 9.59 Å². The van der Waals surface area contributed by atoms with Gasteiger partial charge in [0, 0.05) is 26.6 Å². The van der Waals surface area contributed by atoms with Crippen molar-refractivity contribution >= 4 is 11.8 Å². The predicted molar refractivity (Wildman–Crippen MR) is 75.1 cm³/mol. The Labute approximate surface area is 123 Å². The predicted octanol–water partition coefficient (Wildman–Crippen LogP) is 0.732. The third-order valence-corrected chi connectivity index (χ3v) is 3.40. The number of rotatable bonds is 5. The summed E-state index contributed by atoms with van der Waals surface area (Å²) in [6.45, 7) is 0.906. The highest BCUT2D eigenvalue weighted by Gasteiger charge is 2.23. The SMILES string of the molecule is CN1CC(CNC(=O)CCc2cccc(F)c2)OCC1=O.